The topological polar surface area (TPSA) is 69.7 Å². The quantitative estimate of drug-likeness (QED) is 0.295. The average molecular weight is 495 g/mol. The summed E-state index contributed by atoms with van der Waals surface area (Å²) < 4.78 is 11.4. The molecule has 5 atom stereocenters. The van der Waals surface area contributed by atoms with Crippen LogP contribution in [0.15, 0.2) is 91.0 Å². The first-order valence-corrected chi connectivity index (χ1v) is 12.7. The van der Waals surface area contributed by atoms with Crippen LogP contribution in [-0.4, -0.2) is 29.9 Å². The predicted octanol–water partition coefficient (Wildman–Crippen LogP) is 6.07. The molecular formula is C32H30O5. The van der Waals surface area contributed by atoms with Gasteiger partial charge in [-0.25, -0.2) is 4.79 Å². The Hall–Kier alpha value is -3.99. The van der Waals surface area contributed by atoms with Gasteiger partial charge < -0.3 is 9.47 Å². The molecule has 5 nitrogen and oxygen atoms in total. The summed E-state index contributed by atoms with van der Waals surface area (Å²) in [6.45, 7) is 3.89. The van der Waals surface area contributed by atoms with Crippen LogP contribution in [0.3, 0.4) is 0 Å². The Morgan fingerprint density at radius 1 is 0.973 bits per heavy atom. The first-order valence-electron chi connectivity index (χ1n) is 12.7. The minimum Gasteiger partial charge on any atom is -0.462 e. The lowest BCUT2D eigenvalue weighted by atomic mass is 9.89. The second kappa shape index (κ2) is 10.6. The number of hydrogen-bond donors (Lipinski definition) is 0. The maximum atomic E-state index is 13.0. The van der Waals surface area contributed by atoms with Crippen LogP contribution in [0, 0.1) is 18.8 Å². The minimum atomic E-state index is -0.470. The highest BCUT2D eigenvalue weighted by Crippen LogP contribution is 2.44. The van der Waals surface area contributed by atoms with Crippen LogP contribution in [0.4, 0.5) is 0 Å². The van der Waals surface area contributed by atoms with E-state index in [9.17, 15) is 14.4 Å². The lowest BCUT2D eigenvalue weighted by Gasteiger charge is -2.20. The molecule has 1 saturated carbocycles. The highest BCUT2D eigenvalue weighted by atomic mass is 16.6. The van der Waals surface area contributed by atoms with Gasteiger partial charge in [0.2, 0.25) is 0 Å². The third-order valence-corrected chi connectivity index (χ3v) is 7.49. The zero-order chi connectivity index (χ0) is 25.9. The van der Waals surface area contributed by atoms with Gasteiger partial charge in [0.25, 0.3) is 0 Å². The van der Waals surface area contributed by atoms with Gasteiger partial charge in [-0.3, -0.25) is 9.59 Å². The normalized spacial score (nSPS) is 23.5. The van der Waals surface area contributed by atoms with Gasteiger partial charge >= 0.3 is 11.9 Å². The Bertz CT molecular complexity index is 1320. The highest BCUT2D eigenvalue weighted by Gasteiger charge is 2.50. The number of carbonyl (C=O) groups excluding carboxylic acids is 3. The molecule has 1 unspecified atom stereocenters. The summed E-state index contributed by atoms with van der Waals surface area (Å²) in [4.78, 5) is 37.9. The van der Waals surface area contributed by atoms with Crippen LogP contribution in [0.1, 0.15) is 47.2 Å². The van der Waals surface area contributed by atoms with E-state index in [1.54, 1.807) is 18.2 Å². The lowest BCUT2D eigenvalue weighted by Crippen LogP contribution is -2.25. The monoisotopic (exact) mass is 494 g/mol. The first-order chi connectivity index (χ1) is 17.9. The molecule has 3 aromatic carbocycles. The standard InChI is InChI=1S/C32H30O5/c1-20-7-6-10-25(17-20)21(2)28(33)16-15-26-27-18-31(34)36-30(27)19-29(26)37-32(35)24-13-11-23(12-14-24)22-8-4-3-5-9-22/h3-17,21,26-27,29-30H,18-19H2,1-2H3/b16-15+/t21-,26?,27-,29-,30+/m1/s1. The van der Waals surface area contributed by atoms with E-state index in [1.165, 1.54) is 0 Å². The van der Waals surface area contributed by atoms with Gasteiger partial charge in [0.15, 0.2) is 5.78 Å². The minimum absolute atomic E-state index is 0.0270. The van der Waals surface area contributed by atoms with Crippen molar-refractivity contribution in [2.75, 3.05) is 0 Å². The summed E-state index contributed by atoms with van der Waals surface area (Å²) in [5.41, 5.74) is 4.61. The first kappa shape index (κ1) is 24.7. The van der Waals surface area contributed by atoms with Gasteiger partial charge in [-0.2, -0.15) is 0 Å². The molecule has 1 aliphatic heterocycles. The number of fused-ring (bicyclic) bond motifs is 1. The van der Waals surface area contributed by atoms with E-state index in [0.29, 0.717) is 12.0 Å². The van der Waals surface area contributed by atoms with Gasteiger partial charge in [0.1, 0.15) is 12.2 Å². The number of esters is 2. The van der Waals surface area contributed by atoms with Crippen molar-refractivity contribution in [1.82, 2.24) is 0 Å². The second-order valence-electron chi connectivity index (χ2n) is 9.99. The summed E-state index contributed by atoms with van der Waals surface area (Å²) in [6.07, 6.45) is 3.32. The summed E-state index contributed by atoms with van der Waals surface area (Å²) in [5, 5.41) is 0. The number of benzene rings is 3. The van der Waals surface area contributed by atoms with Crippen LogP contribution in [-0.2, 0) is 19.1 Å². The van der Waals surface area contributed by atoms with E-state index in [2.05, 4.69) is 0 Å². The van der Waals surface area contributed by atoms with Crippen LogP contribution < -0.4 is 0 Å². The molecule has 1 heterocycles. The maximum Gasteiger partial charge on any atom is 0.338 e. The Labute approximate surface area is 217 Å². The van der Waals surface area contributed by atoms with Crippen molar-refractivity contribution >= 4 is 17.7 Å². The molecule has 2 aliphatic rings. The van der Waals surface area contributed by atoms with Gasteiger partial charge in [-0.05, 0) is 41.8 Å². The number of allylic oxidation sites excluding steroid dienone is 1. The van der Waals surface area contributed by atoms with E-state index >= 15 is 0 Å². The van der Waals surface area contributed by atoms with E-state index in [4.69, 9.17) is 9.47 Å². The smallest absolute Gasteiger partial charge is 0.338 e. The Morgan fingerprint density at radius 3 is 2.43 bits per heavy atom. The predicted molar refractivity (Wildman–Crippen MR) is 141 cm³/mol. The van der Waals surface area contributed by atoms with Crippen molar-refractivity contribution in [3.8, 4) is 11.1 Å². The number of ether oxygens (including phenoxy) is 2. The Morgan fingerprint density at radius 2 is 1.70 bits per heavy atom. The van der Waals surface area contributed by atoms with Crippen LogP contribution in [0.25, 0.3) is 11.1 Å². The van der Waals surface area contributed by atoms with E-state index in [1.807, 2.05) is 86.7 Å². The molecule has 188 valence electrons. The Balaban J connectivity index is 1.30. The van der Waals surface area contributed by atoms with Crippen molar-refractivity contribution in [3.63, 3.8) is 0 Å². The third kappa shape index (κ3) is 5.41. The average Bonchev–Trinajstić information content (AvgIpc) is 3.42. The van der Waals surface area contributed by atoms with Crippen molar-refractivity contribution < 1.29 is 23.9 Å². The van der Waals surface area contributed by atoms with Crippen molar-refractivity contribution in [3.05, 3.63) is 108 Å². The molecule has 1 aliphatic carbocycles. The third-order valence-electron chi connectivity index (χ3n) is 7.49. The van der Waals surface area contributed by atoms with Crippen molar-refractivity contribution in [1.29, 1.82) is 0 Å². The molecule has 37 heavy (non-hydrogen) atoms. The number of aryl methyl sites for hydroxylation is 1. The molecule has 5 rings (SSSR count). The van der Waals surface area contributed by atoms with Crippen LogP contribution in [0.5, 0.6) is 0 Å². The molecule has 0 amide bonds. The molecule has 0 N–H and O–H groups in total. The summed E-state index contributed by atoms with van der Waals surface area (Å²) in [7, 11) is 0. The number of carbonyl (C=O) groups is 3. The fourth-order valence-electron chi connectivity index (χ4n) is 5.38. The SMILES string of the molecule is Cc1cccc([C@@H](C)C(=O)/C=C/C2[C@H]3CC(=O)O[C@H]3C[C@H]2OC(=O)c2ccc(-c3ccccc3)cc2)c1. The van der Waals surface area contributed by atoms with E-state index < -0.39 is 12.1 Å². The second-order valence-corrected chi connectivity index (χ2v) is 9.99. The molecule has 3 aromatic rings. The summed E-state index contributed by atoms with van der Waals surface area (Å²) >= 11 is 0. The van der Waals surface area contributed by atoms with E-state index in [-0.39, 0.29) is 42.0 Å². The fraction of sp³-hybridized carbons (Fsp3) is 0.281. The molecule has 0 radical (unpaired) electrons. The van der Waals surface area contributed by atoms with Gasteiger partial charge in [0.05, 0.1) is 12.0 Å². The lowest BCUT2D eigenvalue weighted by molar-refractivity contribution is -0.141. The zero-order valence-electron chi connectivity index (χ0n) is 21.0. The Kier molecular flexibility index (Phi) is 7.04. The summed E-state index contributed by atoms with van der Waals surface area (Å²) in [6, 6.07) is 25.2. The van der Waals surface area contributed by atoms with Crippen molar-refractivity contribution in [2.45, 2.75) is 44.8 Å². The number of ketones is 1. The molecule has 0 aromatic heterocycles. The zero-order valence-corrected chi connectivity index (χ0v) is 21.0. The fourth-order valence-corrected chi connectivity index (χ4v) is 5.38. The number of rotatable bonds is 7. The largest absolute Gasteiger partial charge is 0.462 e. The van der Waals surface area contributed by atoms with Crippen molar-refractivity contribution in [2.24, 2.45) is 11.8 Å². The molecular weight excluding hydrogens is 464 g/mol. The maximum absolute atomic E-state index is 13.0. The van der Waals surface area contributed by atoms with E-state index in [0.717, 1.165) is 22.3 Å². The number of hydrogen-bond acceptors (Lipinski definition) is 5. The van der Waals surface area contributed by atoms with Crippen LogP contribution >= 0.6 is 0 Å². The molecule has 2 fully saturated rings. The van der Waals surface area contributed by atoms with Crippen LogP contribution in [0.2, 0.25) is 0 Å². The molecule has 0 bridgehead atoms. The van der Waals surface area contributed by atoms with Gasteiger partial charge in [-0.1, -0.05) is 85.3 Å². The molecule has 0 spiro atoms. The highest BCUT2D eigenvalue weighted by molar-refractivity contribution is 5.95. The molecule has 1 saturated heterocycles. The van der Waals surface area contributed by atoms with Gasteiger partial charge in [-0.15, -0.1) is 0 Å². The van der Waals surface area contributed by atoms with Gasteiger partial charge in [0, 0.05) is 24.2 Å². The summed E-state index contributed by atoms with van der Waals surface area (Å²) in [5.74, 6) is -1.36. The molecule has 5 heteroatoms.